The molecule has 2 aliphatic heterocycles. The summed E-state index contributed by atoms with van der Waals surface area (Å²) in [5, 5.41) is 13.4. The Hall–Kier alpha value is -7.69. The highest BCUT2D eigenvalue weighted by Crippen LogP contribution is 2.22. The first-order valence-electron chi connectivity index (χ1n) is 21.7. The maximum Gasteiger partial charge on any atom is 0.283 e. The molecule has 6 aromatic rings. The summed E-state index contributed by atoms with van der Waals surface area (Å²) in [5.41, 5.74) is 6.57. The molecule has 1 aromatic heterocycles. The minimum atomic E-state index is -4.62. The minimum absolute atomic E-state index is 0.0152. The zero-order chi connectivity index (χ0) is 47.2. The second kappa shape index (κ2) is 22.5. The van der Waals surface area contributed by atoms with Crippen molar-refractivity contribution < 1.29 is 41.7 Å². The van der Waals surface area contributed by atoms with Gasteiger partial charge >= 0.3 is 0 Å². The molecule has 0 spiro atoms. The highest BCUT2D eigenvalue weighted by Gasteiger charge is 2.32. The third-order valence-corrected chi connectivity index (χ3v) is 11.7. The van der Waals surface area contributed by atoms with Crippen molar-refractivity contribution in [3.05, 3.63) is 180 Å². The molecule has 16 heteroatoms. The Labute approximate surface area is 388 Å². The van der Waals surface area contributed by atoms with Crippen molar-refractivity contribution in [3.63, 3.8) is 0 Å². The summed E-state index contributed by atoms with van der Waals surface area (Å²) in [6.07, 6.45) is 3.67. The van der Waals surface area contributed by atoms with E-state index in [2.05, 4.69) is 31.6 Å². The molecule has 5 amide bonds. The molecule has 5 aromatic carbocycles. The molecule has 3 heterocycles. The molecule has 2 bridgehead atoms. The zero-order valence-corrected chi connectivity index (χ0v) is 37.2. The van der Waals surface area contributed by atoms with Crippen molar-refractivity contribution in [2.45, 2.75) is 56.3 Å². The molecule has 6 N–H and O–H groups in total. The van der Waals surface area contributed by atoms with Crippen LogP contribution in [0.3, 0.4) is 0 Å². The van der Waals surface area contributed by atoms with Crippen LogP contribution in [-0.4, -0.2) is 84.1 Å². The van der Waals surface area contributed by atoms with E-state index in [1.807, 2.05) is 121 Å². The number of pyridine rings is 1. The first-order chi connectivity index (χ1) is 32.3. The van der Waals surface area contributed by atoms with Crippen molar-refractivity contribution >= 4 is 39.7 Å². The lowest BCUT2D eigenvalue weighted by Crippen LogP contribution is -2.59. The third-order valence-electron chi connectivity index (χ3n) is 11.2. The molecule has 4 atom stereocenters. The van der Waals surface area contributed by atoms with E-state index in [-0.39, 0.29) is 31.4 Å². The van der Waals surface area contributed by atoms with E-state index in [1.165, 1.54) is 0 Å². The number of fused-ring (bicyclic) bond motifs is 16. The number of aromatic nitrogens is 1. The van der Waals surface area contributed by atoms with Gasteiger partial charge in [-0.1, -0.05) is 121 Å². The van der Waals surface area contributed by atoms with Crippen molar-refractivity contribution in [2.24, 2.45) is 0 Å². The Morgan fingerprint density at radius 3 is 1.69 bits per heavy atom. The number of rotatable bonds is 12. The average Bonchev–Trinajstić information content (AvgIpc) is 3.34. The van der Waals surface area contributed by atoms with E-state index in [0.29, 0.717) is 17.5 Å². The first-order valence-corrected chi connectivity index (χ1v) is 23.3. The van der Waals surface area contributed by atoms with Crippen LogP contribution in [0, 0.1) is 0 Å². The smallest absolute Gasteiger partial charge is 0.283 e. The standard InChI is InChI=1S/C51H50N6O9S/c58-47-32-66-42-22-15-37(16-23-42)29-44(48(59)53-33-67(63,64)65)56-49(60)43(24-17-34-7-3-1-4-8-34)55-51(62)46(31-36-11-18-39(19-12-36)38-9-5-2-6-10-38)57-50(61)45(54-47)30-35-13-20-40(21-14-35)41-25-27-52-28-26-41/h1-16,18-23,25-28,43-46H,17,24,29-33H2,(H,53,59)(H,54,58)(H,55,62)(H,56,60)(H,57,61)(H,63,64,65)/t43-,44-,45-,46+/m0/s1. The number of amides is 5. The normalized spacial score (nSPS) is 18.4. The number of aryl methyl sites for hydroxylation is 1. The molecule has 0 radical (unpaired) electrons. The van der Waals surface area contributed by atoms with Crippen LogP contribution in [0.2, 0.25) is 0 Å². The zero-order valence-electron chi connectivity index (χ0n) is 36.3. The molecular formula is C51H50N6O9S. The van der Waals surface area contributed by atoms with Crippen LogP contribution in [0.25, 0.3) is 22.3 Å². The third kappa shape index (κ3) is 14.1. The molecule has 0 saturated heterocycles. The monoisotopic (exact) mass is 922 g/mol. The highest BCUT2D eigenvalue weighted by molar-refractivity contribution is 7.85. The van der Waals surface area contributed by atoms with Gasteiger partial charge < -0.3 is 31.3 Å². The van der Waals surface area contributed by atoms with Gasteiger partial charge in [-0.3, -0.25) is 33.5 Å². The quantitative estimate of drug-likeness (QED) is 0.0752. The van der Waals surface area contributed by atoms with Crippen LogP contribution in [0.4, 0.5) is 0 Å². The molecule has 0 aliphatic carbocycles. The number of benzene rings is 5. The number of hydrogen-bond donors (Lipinski definition) is 6. The largest absolute Gasteiger partial charge is 0.484 e. The number of carbonyl (C=O) groups excluding carboxylic acids is 5. The summed E-state index contributed by atoms with van der Waals surface area (Å²) in [5.74, 6) is -4.49. The molecule has 8 rings (SSSR count). The van der Waals surface area contributed by atoms with E-state index in [1.54, 1.807) is 36.7 Å². The Kier molecular flexibility index (Phi) is 15.9. The van der Waals surface area contributed by atoms with Crippen LogP contribution < -0.4 is 31.3 Å². The summed E-state index contributed by atoms with van der Waals surface area (Å²) in [4.78, 5) is 74.7. The van der Waals surface area contributed by atoms with E-state index in [4.69, 9.17) is 4.74 Å². The van der Waals surface area contributed by atoms with Crippen LogP contribution in [-0.2, 0) is 59.8 Å². The molecule has 2 aliphatic rings. The number of ether oxygens (including phenoxy) is 1. The van der Waals surface area contributed by atoms with Gasteiger partial charge in [0.25, 0.3) is 16.0 Å². The van der Waals surface area contributed by atoms with Crippen LogP contribution in [0.1, 0.15) is 28.7 Å². The molecule has 67 heavy (non-hydrogen) atoms. The van der Waals surface area contributed by atoms with Gasteiger partial charge in [-0.15, -0.1) is 0 Å². The van der Waals surface area contributed by atoms with Crippen LogP contribution in [0.5, 0.6) is 5.75 Å². The fraction of sp³-hybridized carbons (Fsp3) is 0.216. The summed E-state index contributed by atoms with van der Waals surface area (Å²) in [6, 6.07) is 39.0. The summed E-state index contributed by atoms with van der Waals surface area (Å²) < 4.78 is 38.4. The lowest BCUT2D eigenvalue weighted by molar-refractivity contribution is -0.134. The SMILES string of the molecule is O=C1COc2ccc(cc2)C[C@@H](C(=O)NCS(=O)(=O)O)NC(=O)[C@H](CCc2ccccc2)NC(=O)[C@@H](Cc2ccc(-c3ccccc3)cc2)NC(=O)[C@H](Cc2ccc(-c3ccncc3)cc2)N1. The molecular weight excluding hydrogens is 873 g/mol. The maximum atomic E-state index is 14.7. The Bertz CT molecular complexity index is 2740. The molecule has 0 unspecified atom stereocenters. The number of nitrogens with zero attached hydrogens (tertiary/aromatic N) is 1. The highest BCUT2D eigenvalue weighted by atomic mass is 32.2. The molecule has 344 valence electrons. The van der Waals surface area contributed by atoms with Gasteiger partial charge in [-0.2, -0.15) is 8.42 Å². The van der Waals surface area contributed by atoms with E-state index in [0.717, 1.165) is 33.4 Å². The lowest BCUT2D eigenvalue weighted by Gasteiger charge is -2.27. The van der Waals surface area contributed by atoms with Gasteiger partial charge in [0.05, 0.1) is 0 Å². The fourth-order valence-corrected chi connectivity index (χ4v) is 7.93. The Balaban J connectivity index is 1.23. The van der Waals surface area contributed by atoms with Gasteiger partial charge in [0, 0.05) is 31.7 Å². The van der Waals surface area contributed by atoms with Crippen molar-refractivity contribution in [1.82, 2.24) is 31.6 Å². The van der Waals surface area contributed by atoms with Crippen molar-refractivity contribution in [2.75, 3.05) is 12.5 Å². The van der Waals surface area contributed by atoms with Gasteiger partial charge in [-0.05, 0) is 81.6 Å². The van der Waals surface area contributed by atoms with E-state index in [9.17, 15) is 36.9 Å². The Morgan fingerprint density at radius 2 is 1.10 bits per heavy atom. The molecule has 15 nitrogen and oxygen atoms in total. The summed E-state index contributed by atoms with van der Waals surface area (Å²) >= 11 is 0. The maximum absolute atomic E-state index is 14.7. The van der Waals surface area contributed by atoms with Gasteiger partial charge in [0.15, 0.2) is 6.61 Å². The second-order valence-electron chi connectivity index (χ2n) is 16.1. The van der Waals surface area contributed by atoms with Crippen molar-refractivity contribution in [3.8, 4) is 28.0 Å². The van der Waals surface area contributed by atoms with Gasteiger partial charge in [0.2, 0.25) is 23.6 Å². The predicted molar refractivity (Wildman–Crippen MR) is 252 cm³/mol. The van der Waals surface area contributed by atoms with Crippen molar-refractivity contribution in [1.29, 1.82) is 0 Å². The van der Waals surface area contributed by atoms with Crippen LogP contribution in [0.15, 0.2) is 158 Å². The Morgan fingerprint density at radius 1 is 0.597 bits per heavy atom. The minimum Gasteiger partial charge on any atom is -0.484 e. The molecule has 0 saturated carbocycles. The second-order valence-corrected chi connectivity index (χ2v) is 17.6. The number of carbonyl (C=O) groups is 5. The number of hydrogen-bond acceptors (Lipinski definition) is 9. The summed E-state index contributed by atoms with van der Waals surface area (Å²) in [6.45, 7) is -0.471. The lowest BCUT2D eigenvalue weighted by atomic mass is 9.98. The van der Waals surface area contributed by atoms with Gasteiger partial charge in [-0.25, -0.2) is 0 Å². The van der Waals surface area contributed by atoms with Gasteiger partial charge in [0.1, 0.15) is 35.8 Å². The summed E-state index contributed by atoms with van der Waals surface area (Å²) in [7, 11) is -4.62. The number of nitrogens with one attached hydrogen (secondary N) is 5. The topological polar surface area (TPSA) is 222 Å². The van der Waals surface area contributed by atoms with Crippen LogP contribution >= 0.6 is 0 Å². The first kappa shape index (κ1) is 47.3. The molecule has 0 fully saturated rings. The van der Waals surface area contributed by atoms with E-state index < -0.39 is 76.3 Å². The predicted octanol–water partition coefficient (Wildman–Crippen LogP) is 4.37. The average molecular weight is 923 g/mol. The van der Waals surface area contributed by atoms with E-state index >= 15 is 0 Å². The fourth-order valence-electron chi connectivity index (χ4n) is 7.61.